The minimum Gasteiger partial charge on any atom is -0.316 e. The SMILES string of the molecule is CNCc1ccc(S(=O)(=O)N2CCS(=O)CC2)c(F)c1. The van der Waals surface area contributed by atoms with Gasteiger partial charge < -0.3 is 5.32 Å². The van der Waals surface area contributed by atoms with Crippen LogP contribution in [0, 0.1) is 5.82 Å². The fourth-order valence-corrected chi connectivity index (χ4v) is 4.84. The molecule has 2 rings (SSSR count). The second-order valence-corrected chi connectivity index (χ2v) is 8.15. The minimum absolute atomic E-state index is 0.173. The highest BCUT2D eigenvalue weighted by Gasteiger charge is 2.30. The predicted molar refractivity (Wildman–Crippen MR) is 75.8 cm³/mol. The summed E-state index contributed by atoms with van der Waals surface area (Å²) >= 11 is 0. The summed E-state index contributed by atoms with van der Waals surface area (Å²) in [4.78, 5) is -0.315. The van der Waals surface area contributed by atoms with Gasteiger partial charge in [0.1, 0.15) is 10.7 Å². The van der Waals surface area contributed by atoms with E-state index in [1.165, 1.54) is 16.4 Å². The maximum atomic E-state index is 14.0. The molecule has 0 atom stereocenters. The third-order valence-electron chi connectivity index (χ3n) is 3.13. The van der Waals surface area contributed by atoms with E-state index in [0.717, 1.165) is 0 Å². The summed E-state index contributed by atoms with van der Waals surface area (Å²) in [7, 11) is -3.08. The first kappa shape index (κ1) is 15.6. The van der Waals surface area contributed by atoms with E-state index >= 15 is 0 Å². The van der Waals surface area contributed by atoms with Crippen molar-refractivity contribution < 1.29 is 17.0 Å². The first-order chi connectivity index (χ1) is 9.45. The molecule has 0 aliphatic carbocycles. The zero-order chi connectivity index (χ0) is 14.8. The molecule has 1 aromatic rings. The molecule has 0 amide bonds. The Morgan fingerprint density at radius 2 is 2.00 bits per heavy atom. The van der Waals surface area contributed by atoms with Crippen molar-refractivity contribution in [3.8, 4) is 0 Å². The Morgan fingerprint density at radius 3 is 2.55 bits per heavy atom. The highest BCUT2D eigenvalue weighted by atomic mass is 32.2. The highest BCUT2D eigenvalue weighted by molar-refractivity contribution is 7.89. The summed E-state index contributed by atoms with van der Waals surface area (Å²) in [6.45, 7) is 0.819. The van der Waals surface area contributed by atoms with Gasteiger partial charge in [-0.25, -0.2) is 12.8 Å². The fraction of sp³-hybridized carbons (Fsp3) is 0.500. The van der Waals surface area contributed by atoms with Gasteiger partial charge in [-0.15, -0.1) is 0 Å². The highest BCUT2D eigenvalue weighted by Crippen LogP contribution is 2.21. The van der Waals surface area contributed by atoms with Gasteiger partial charge in [0.25, 0.3) is 0 Å². The number of sulfonamides is 1. The first-order valence-corrected chi connectivity index (χ1v) is 9.16. The van der Waals surface area contributed by atoms with E-state index in [1.54, 1.807) is 13.1 Å². The van der Waals surface area contributed by atoms with Crippen LogP contribution in [0.15, 0.2) is 23.1 Å². The van der Waals surface area contributed by atoms with Gasteiger partial charge in [-0.2, -0.15) is 4.31 Å². The van der Waals surface area contributed by atoms with Crippen molar-refractivity contribution in [2.75, 3.05) is 31.6 Å². The van der Waals surface area contributed by atoms with E-state index in [-0.39, 0.29) is 18.0 Å². The molecule has 112 valence electrons. The fourth-order valence-electron chi connectivity index (χ4n) is 2.07. The Kier molecular flexibility index (Phi) is 4.90. The number of hydrogen-bond donors (Lipinski definition) is 1. The van der Waals surface area contributed by atoms with Crippen LogP contribution in [0.25, 0.3) is 0 Å². The minimum atomic E-state index is -3.84. The van der Waals surface area contributed by atoms with Crippen molar-refractivity contribution in [2.45, 2.75) is 11.4 Å². The van der Waals surface area contributed by atoms with Crippen LogP contribution in [-0.2, 0) is 27.4 Å². The Hall–Kier alpha value is -0.830. The maximum Gasteiger partial charge on any atom is 0.246 e. The van der Waals surface area contributed by atoms with E-state index in [1.807, 2.05) is 0 Å². The zero-order valence-corrected chi connectivity index (χ0v) is 12.8. The molecule has 5 nitrogen and oxygen atoms in total. The van der Waals surface area contributed by atoms with Crippen LogP contribution < -0.4 is 5.32 Å². The van der Waals surface area contributed by atoms with Gasteiger partial charge in [-0.05, 0) is 24.7 Å². The van der Waals surface area contributed by atoms with Crippen molar-refractivity contribution in [2.24, 2.45) is 0 Å². The summed E-state index contributed by atoms with van der Waals surface area (Å²) in [5, 5.41) is 2.88. The van der Waals surface area contributed by atoms with Crippen molar-refractivity contribution in [3.05, 3.63) is 29.6 Å². The number of nitrogens with one attached hydrogen (secondary N) is 1. The standard InChI is InChI=1S/C12H17FN2O3S2/c1-14-9-10-2-3-12(11(13)8-10)20(17,18)15-4-6-19(16)7-5-15/h2-3,8,14H,4-7,9H2,1H3. The van der Waals surface area contributed by atoms with Gasteiger partial charge in [0, 0.05) is 41.9 Å². The average molecular weight is 320 g/mol. The molecule has 0 bridgehead atoms. The number of nitrogens with zero attached hydrogens (tertiary/aromatic N) is 1. The summed E-state index contributed by atoms with van der Waals surface area (Å²) in [6.07, 6.45) is 0. The van der Waals surface area contributed by atoms with E-state index in [9.17, 15) is 17.0 Å². The molecule has 1 aliphatic rings. The molecule has 0 radical (unpaired) electrons. The van der Waals surface area contributed by atoms with E-state index in [4.69, 9.17) is 0 Å². The lowest BCUT2D eigenvalue weighted by Gasteiger charge is -2.25. The second kappa shape index (κ2) is 6.30. The van der Waals surface area contributed by atoms with E-state index < -0.39 is 26.6 Å². The normalized spacial score (nSPS) is 18.3. The summed E-state index contributed by atoms with van der Waals surface area (Å²) in [6, 6.07) is 4.11. The molecular formula is C12H17FN2O3S2. The molecule has 1 fully saturated rings. The third-order valence-corrected chi connectivity index (χ3v) is 6.34. The molecular weight excluding hydrogens is 303 g/mol. The van der Waals surface area contributed by atoms with Crippen molar-refractivity contribution >= 4 is 20.8 Å². The second-order valence-electron chi connectivity index (χ2n) is 4.55. The number of hydrogen-bond acceptors (Lipinski definition) is 4. The van der Waals surface area contributed by atoms with Gasteiger partial charge in [0.05, 0.1) is 0 Å². The molecule has 20 heavy (non-hydrogen) atoms. The van der Waals surface area contributed by atoms with Crippen LogP contribution in [-0.4, -0.2) is 48.6 Å². The smallest absolute Gasteiger partial charge is 0.246 e. The lowest BCUT2D eigenvalue weighted by atomic mass is 10.2. The van der Waals surface area contributed by atoms with Crippen molar-refractivity contribution in [1.29, 1.82) is 0 Å². The van der Waals surface area contributed by atoms with E-state index in [0.29, 0.717) is 23.6 Å². The van der Waals surface area contributed by atoms with Crippen LogP contribution in [0.1, 0.15) is 5.56 Å². The number of rotatable bonds is 4. The average Bonchev–Trinajstić information content (AvgIpc) is 2.39. The van der Waals surface area contributed by atoms with Crippen LogP contribution in [0.4, 0.5) is 4.39 Å². The van der Waals surface area contributed by atoms with E-state index in [2.05, 4.69) is 5.32 Å². The van der Waals surface area contributed by atoms with Crippen LogP contribution in [0.3, 0.4) is 0 Å². The molecule has 1 saturated heterocycles. The lowest BCUT2D eigenvalue weighted by Crippen LogP contribution is -2.42. The quantitative estimate of drug-likeness (QED) is 0.866. The summed E-state index contributed by atoms with van der Waals surface area (Å²) < 4.78 is 51.2. The van der Waals surface area contributed by atoms with Crippen molar-refractivity contribution in [3.63, 3.8) is 0 Å². The van der Waals surface area contributed by atoms with Gasteiger partial charge in [-0.3, -0.25) is 4.21 Å². The zero-order valence-electron chi connectivity index (χ0n) is 11.1. The Morgan fingerprint density at radius 1 is 1.35 bits per heavy atom. The summed E-state index contributed by atoms with van der Waals surface area (Å²) in [5.41, 5.74) is 0.684. The van der Waals surface area contributed by atoms with Crippen molar-refractivity contribution in [1.82, 2.24) is 9.62 Å². The maximum absolute atomic E-state index is 14.0. The van der Waals surface area contributed by atoms with Crippen LogP contribution in [0.5, 0.6) is 0 Å². The largest absolute Gasteiger partial charge is 0.316 e. The molecule has 0 unspecified atom stereocenters. The van der Waals surface area contributed by atoms with Gasteiger partial charge in [0.2, 0.25) is 10.0 Å². The first-order valence-electron chi connectivity index (χ1n) is 6.23. The topological polar surface area (TPSA) is 66.5 Å². The Labute approximate surface area is 120 Å². The molecule has 8 heteroatoms. The number of benzene rings is 1. The molecule has 0 saturated carbocycles. The molecule has 0 spiro atoms. The molecule has 1 aromatic carbocycles. The molecule has 1 N–H and O–H groups in total. The number of halogens is 1. The predicted octanol–water partition coefficient (Wildman–Crippen LogP) is 0.298. The Bertz CT molecular complexity index is 609. The molecule has 1 heterocycles. The summed E-state index contributed by atoms with van der Waals surface area (Å²) in [5.74, 6) is -0.137. The van der Waals surface area contributed by atoms with Crippen LogP contribution in [0.2, 0.25) is 0 Å². The van der Waals surface area contributed by atoms with Gasteiger partial charge >= 0.3 is 0 Å². The monoisotopic (exact) mass is 320 g/mol. The molecule has 0 aromatic heterocycles. The van der Waals surface area contributed by atoms with Gasteiger partial charge in [0.15, 0.2) is 0 Å². The lowest BCUT2D eigenvalue weighted by molar-refractivity contribution is 0.434. The third kappa shape index (κ3) is 3.25. The Balaban J connectivity index is 2.27. The van der Waals surface area contributed by atoms with Crippen LogP contribution >= 0.6 is 0 Å². The van der Waals surface area contributed by atoms with Gasteiger partial charge in [-0.1, -0.05) is 6.07 Å². The molecule has 1 aliphatic heterocycles.